The summed E-state index contributed by atoms with van der Waals surface area (Å²) in [4.78, 5) is 4.81. The van der Waals surface area contributed by atoms with E-state index in [9.17, 15) is 8.42 Å². The van der Waals surface area contributed by atoms with E-state index in [1.807, 2.05) is 18.2 Å². The van der Waals surface area contributed by atoms with E-state index in [2.05, 4.69) is 58.0 Å². The first-order chi connectivity index (χ1) is 13.4. The SMILES string of the molecule is CN1CCN(c2cccc3ccc(-c4cccc(NS(C)(=O)=O)c4)cc23)CC1. The maximum absolute atomic E-state index is 11.5. The fourth-order valence-corrected chi connectivity index (χ4v) is 4.29. The fraction of sp³-hybridized carbons (Fsp3) is 0.273. The number of hydrogen-bond acceptors (Lipinski definition) is 4. The van der Waals surface area contributed by atoms with Gasteiger partial charge in [-0.1, -0.05) is 36.4 Å². The molecule has 0 aromatic heterocycles. The van der Waals surface area contributed by atoms with Crippen LogP contribution < -0.4 is 9.62 Å². The number of rotatable bonds is 4. The molecular formula is C22H25N3O2S. The third-order valence-electron chi connectivity index (χ3n) is 5.20. The summed E-state index contributed by atoms with van der Waals surface area (Å²) in [5.41, 5.74) is 3.90. The highest BCUT2D eigenvalue weighted by Gasteiger charge is 2.16. The Bertz CT molecular complexity index is 1100. The Morgan fingerprint density at radius 3 is 2.32 bits per heavy atom. The maximum atomic E-state index is 11.5. The van der Waals surface area contributed by atoms with Crippen LogP contribution in [0.3, 0.4) is 0 Å². The van der Waals surface area contributed by atoms with Gasteiger partial charge in [-0.05, 0) is 47.8 Å². The largest absolute Gasteiger partial charge is 0.368 e. The van der Waals surface area contributed by atoms with Gasteiger partial charge in [-0.25, -0.2) is 8.42 Å². The van der Waals surface area contributed by atoms with Gasteiger partial charge in [0.25, 0.3) is 0 Å². The van der Waals surface area contributed by atoms with E-state index in [0.717, 1.165) is 43.6 Å². The van der Waals surface area contributed by atoms with Crippen LogP contribution in [-0.2, 0) is 10.0 Å². The summed E-state index contributed by atoms with van der Waals surface area (Å²) in [6.07, 6.45) is 1.16. The molecular weight excluding hydrogens is 370 g/mol. The highest BCUT2D eigenvalue weighted by molar-refractivity contribution is 7.92. The molecule has 1 aliphatic rings. The van der Waals surface area contributed by atoms with Gasteiger partial charge in [0.2, 0.25) is 10.0 Å². The summed E-state index contributed by atoms with van der Waals surface area (Å²) < 4.78 is 25.6. The number of fused-ring (bicyclic) bond motifs is 1. The Morgan fingerprint density at radius 2 is 1.57 bits per heavy atom. The third kappa shape index (κ3) is 4.13. The van der Waals surface area contributed by atoms with Crippen molar-refractivity contribution in [1.82, 2.24) is 4.90 Å². The van der Waals surface area contributed by atoms with E-state index in [1.54, 1.807) is 6.07 Å². The van der Waals surface area contributed by atoms with Crippen molar-refractivity contribution < 1.29 is 8.42 Å². The lowest BCUT2D eigenvalue weighted by molar-refractivity contribution is 0.313. The molecule has 1 heterocycles. The van der Waals surface area contributed by atoms with Crippen LogP contribution in [0.4, 0.5) is 11.4 Å². The van der Waals surface area contributed by atoms with Crippen molar-refractivity contribution in [3.8, 4) is 11.1 Å². The van der Waals surface area contributed by atoms with Crippen LogP contribution in [0.2, 0.25) is 0 Å². The molecule has 0 spiro atoms. The van der Waals surface area contributed by atoms with Crippen LogP contribution in [0.5, 0.6) is 0 Å². The van der Waals surface area contributed by atoms with E-state index in [4.69, 9.17) is 0 Å². The lowest BCUT2D eigenvalue weighted by Crippen LogP contribution is -2.44. The second-order valence-corrected chi connectivity index (χ2v) is 9.21. The van der Waals surface area contributed by atoms with Gasteiger partial charge in [0.15, 0.2) is 0 Å². The standard InChI is InChI=1S/C22H25N3O2S/c1-24-11-13-25(14-12-24)22-8-4-5-17-9-10-19(16-21(17)22)18-6-3-7-20(15-18)23-28(2,26)27/h3-10,15-16,23H,11-14H2,1-2H3. The molecule has 0 radical (unpaired) electrons. The van der Waals surface area contributed by atoms with Crippen molar-refractivity contribution in [2.75, 3.05) is 49.1 Å². The van der Waals surface area contributed by atoms with Crippen LogP contribution in [0.25, 0.3) is 21.9 Å². The first-order valence-electron chi connectivity index (χ1n) is 9.43. The zero-order valence-corrected chi connectivity index (χ0v) is 17.0. The van der Waals surface area contributed by atoms with Crippen molar-refractivity contribution in [2.24, 2.45) is 0 Å². The fourth-order valence-electron chi connectivity index (χ4n) is 3.74. The van der Waals surface area contributed by atoms with Gasteiger partial charge in [0.1, 0.15) is 0 Å². The topological polar surface area (TPSA) is 52.6 Å². The molecule has 0 bridgehead atoms. The summed E-state index contributed by atoms with van der Waals surface area (Å²) in [7, 11) is -1.13. The normalized spacial score (nSPS) is 15.7. The molecule has 0 amide bonds. The van der Waals surface area contributed by atoms with Crippen molar-refractivity contribution in [2.45, 2.75) is 0 Å². The van der Waals surface area contributed by atoms with Gasteiger partial charge in [-0.2, -0.15) is 0 Å². The minimum Gasteiger partial charge on any atom is -0.368 e. The number of nitrogens with one attached hydrogen (secondary N) is 1. The predicted molar refractivity (Wildman–Crippen MR) is 118 cm³/mol. The molecule has 1 saturated heterocycles. The molecule has 3 aromatic carbocycles. The Balaban J connectivity index is 1.73. The molecule has 1 N–H and O–H groups in total. The summed E-state index contributed by atoms with van der Waals surface area (Å²) >= 11 is 0. The average molecular weight is 396 g/mol. The van der Waals surface area contributed by atoms with Crippen molar-refractivity contribution >= 4 is 32.2 Å². The van der Waals surface area contributed by atoms with Crippen LogP contribution >= 0.6 is 0 Å². The molecule has 4 rings (SSSR count). The quantitative estimate of drug-likeness (QED) is 0.733. The van der Waals surface area contributed by atoms with Crippen molar-refractivity contribution in [3.63, 3.8) is 0 Å². The second kappa shape index (κ2) is 7.45. The number of nitrogens with zero attached hydrogens (tertiary/aromatic N) is 2. The first-order valence-corrected chi connectivity index (χ1v) is 11.3. The van der Waals surface area contributed by atoms with Gasteiger partial charge >= 0.3 is 0 Å². The van der Waals surface area contributed by atoms with E-state index in [0.29, 0.717) is 5.69 Å². The van der Waals surface area contributed by atoms with E-state index in [1.165, 1.54) is 16.5 Å². The van der Waals surface area contributed by atoms with Gasteiger partial charge in [0, 0.05) is 42.9 Å². The third-order valence-corrected chi connectivity index (χ3v) is 5.81. The molecule has 1 fully saturated rings. The Labute approximate surface area is 166 Å². The minimum atomic E-state index is -3.30. The Morgan fingerprint density at radius 1 is 0.857 bits per heavy atom. The number of likely N-dealkylation sites (N-methyl/N-ethyl adjacent to an activating group) is 1. The first kappa shape index (κ1) is 18.8. The van der Waals surface area contributed by atoms with Gasteiger partial charge in [-0.3, -0.25) is 4.72 Å². The molecule has 0 unspecified atom stereocenters. The summed E-state index contributed by atoms with van der Waals surface area (Å²) in [5, 5.41) is 2.44. The number of hydrogen-bond donors (Lipinski definition) is 1. The Hall–Kier alpha value is -2.57. The molecule has 6 heteroatoms. The number of sulfonamides is 1. The molecule has 3 aromatic rings. The van der Waals surface area contributed by atoms with Crippen molar-refractivity contribution in [3.05, 3.63) is 60.7 Å². The van der Waals surface area contributed by atoms with E-state index >= 15 is 0 Å². The molecule has 5 nitrogen and oxygen atoms in total. The Kier molecular flexibility index (Phi) is 5.00. The van der Waals surface area contributed by atoms with Crippen LogP contribution in [0, 0.1) is 0 Å². The number of anilines is 2. The van der Waals surface area contributed by atoms with Crippen LogP contribution in [0.1, 0.15) is 0 Å². The maximum Gasteiger partial charge on any atom is 0.229 e. The highest BCUT2D eigenvalue weighted by Crippen LogP contribution is 2.32. The number of piperazine rings is 1. The smallest absolute Gasteiger partial charge is 0.229 e. The predicted octanol–water partition coefficient (Wildman–Crippen LogP) is 3.63. The van der Waals surface area contributed by atoms with Gasteiger partial charge < -0.3 is 9.80 Å². The molecule has 28 heavy (non-hydrogen) atoms. The van der Waals surface area contributed by atoms with Gasteiger partial charge in [-0.15, -0.1) is 0 Å². The summed E-state index contributed by atoms with van der Waals surface area (Å²) in [6.45, 7) is 4.17. The molecule has 146 valence electrons. The average Bonchev–Trinajstić information content (AvgIpc) is 2.67. The van der Waals surface area contributed by atoms with Crippen LogP contribution in [0.15, 0.2) is 60.7 Å². The highest BCUT2D eigenvalue weighted by atomic mass is 32.2. The van der Waals surface area contributed by atoms with Gasteiger partial charge in [0.05, 0.1) is 6.26 Å². The second-order valence-electron chi connectivity index (χ2n) is 7.46. The molecule has 0 atom stereocenters. The molecule has 0 saturated carbocycles. The van der Waals surface area contributed by atoms with Crippen LogP contribution in [-0.4, -0.2) is 52.8 Å². The minimum absolute atomic E-state index is 0.576. The lowest BCUT2D eigenvalue weighted by atomic mass is 9.99. The van der Waals surface area contributed by atoms with E-state index < -0.39 is 10.0 Å². The number of benzene rings is 3. The lowest BCUT2D eigenvalue weighted by Gasteiger charge is -2.34. The molecule has 0 aliphatic carbocycles. The zero-order chi connectivity index (χ0) is 19.7. The summed E-state index contributed by atoms with van der Waals surface area (Å²) in [6, 6.07) is 20.4. The van der Waals surface area contributed by atoms with E-state index in [-0.39, 0.29) is 0 Å². The van der Waals surface area contributed by atoms with Crippen molar-refractivity contribution in [1.29, 1.82) is 0 Å². The summed E-state index contributed by atoms with van der Waals surface area (Å²) in [5.74, 6) is 0. The zero-order valence-electron chi connectivity index (χ0n) is 16.2. The monoisotopic (exact) mass is 395 g/mol. The molecule has 1 aliphatic heterocycles.